The van der Waals surface area contributed by atoms with Crippen LogP contribution in [0.5, 0.6) is 0 Å². The Bertz CT molecular complexity index is 614. The van der Waals surface area contributed by atoms with Gasteiger partial charge < -0.3 is 15.0 Å². The number of ether oxygens (including phenoxy) is 1. The summed E-state index contributed by atoms with van der Waals surface area (Å²) in [6.07, 6.45) is 6.71. The van der Waals surface area contributed by atoms with Crippen LogP contribution >= 0.6 is 0 Å². The van der Waals surface area contributed by atoms with Crippen molar-refractivity contribution in [3.05, 3.63) is 41.5 Å². The molecule has 1 saturated heterocycles. The first kappa shape index (κ1) is 16.7. The highest BCUT2D eigenvalue weighted by molar-refractivity contribution is 5.95. The number of carbonyl (C=O) groups is 2. The van der Waals surface area contributed by atoms with Gasteiger partial charge in [-0.05, 0) is 43.0 Å². The summed E-state index contributed by atoms with van der Waals surface area (Å²) < 4.78 is 5.42. The van der Waals surface area contributed by atoms with E-state index in [1.807, 2.05) is 23.1 Å². The van der Waals surface area contributed by atoms with E-state index in [0.29, 0.717) is 17.5 Å². The van der Waals surface area contributed by atoms with Crippen LogP contribution in [0.15, 0.2) is 30.3 Å². The van der Waals surface area contributed by atoms with E-state index in [0.717, 1.165) is 44.6 Å². The standard InChI is InChI=1S/C19H24N2O3/c1-20-19(23)16-5-2-14(3-6-16)4-9-18(22)21(17-7-8-17)12-15-10-11-24-13-15/h2-6,9,15,17H,7-8,10-13H2,1H3,(H,20,23)/b9-4-/t15-/m1/s1. The van der Waals surface area contributed by atoms with Gasteiger partial charge in [-0.25, -0.2) is 0 Å². The molecule has 128 valence electrons. The van der Waals surface area contributed by atoms with Crippen molar-refractivity contribution in [2.75, 3.05) is 26.8 Å². The molecule has 1 atom stereocenters. The van der Waals surface area contributed by atoms with Crippen molar-refractivity contribution in [1.29, 1.82) is 0 Å². The lowest BCUT2D eigenvalue weighted by Crippen LogP contribution is -2.36. The van der Waals surface area contributed by atoms with Crippen LogP contribution in [-0.4, -0.2) is 49.6 Å². The van der Waals surface area contributed by atoms with Crippen molar-refractivity contribution >= 4 is 17.9 Å². The molecule has 0 unspecified atom stereocenters. The first-order valence-electron chi connectivity index (χ1n) is 8.56. The minimum atomic E-state index is -0.111. The van der Waals surface area contributed by atoms with E-state index < -0.39 is 0 Å². The van der Waals surface area contributed by atoms with E-state index >= 15 is 0 Å². The number of rotatable bonds is 6. The van der Waals surface area contributed by atoms with Crippen molar-refractivity contribution in [3.8, 4) is 0 Å². The molecule has 1 aromatic rings. The average Bonchev–Trinajstić information content (AvgIpc) is 3.33. The number of hydrogen-bond acceptors (Lipinski definition) is 3. The molecule has 2 aliphatic rings. The fraction of sp³-hybridized carbons (Fsp3) is 0.474. The second-order valence-corrected chi connectivity index (χ2v) is 6.49. The van der Waals surface area contributed by atoms with Crippen LogP contribution in [0, 0.1) is 5.92 Å². The Hall–Kier alpha value is -2.14. The van der Waals surface area contributed by atoms with Crippen LogP contribution in [0.4, 0.5) is 0 Å². The molecule has 0 aromatic heterocycles. The second-order valence-electron chi connectivity index (χ2n) is 6.49. The number of amides is 2. The fourth-order valence-corrected chi connectivity index (χ4v) is 2.96. The molecule has 5 nitrogen and oxygen atoms in total. The number of nitrogens with zero attached hydrogens (tertiary/aromatic N) is 1. The summed E-state index contributed by atoms with van der Waals surface area (Å²) in [4.78, 5) is 26.1. The SMILES string of the molecule is CNC(=O)c1ccc(/C=C\C(=O)N(C[C@H]2CCOC2)C2CC2)cc1. The maximum atomic E-state index is 12.5. The molecular formula is C19H24N2O3. The third-order valence-corrected chi connectivity index (χ3v) is 4.57. The van der Waals surface area contributed by atoms with Gasteiger partial charge in [-0.3, -0.25) is 9.59 Å². The maximum Gasteiger partial charge on any atom is 0.251 e. The first-order valence-corrected chi connectivity index (χ1v) is 8.56. The van der Waals surface area contributed by atoms with Crippen LogP contribution in [0.1, 0.15) is 35.2 Å². The van der Waals surface area contributed by atoms with E-state index in [9.17, 15) is 9.59 Å². The Morgan fingerprint density at radius 1 is 1.25 bits per heavy atom. The first-order chi connectivity index (χ1) is 11.7. The van der Waals surface area contributed by atoms with Crippen LogP contribution in [0.3, 0.4) is 0 Å². The second kappa shape index (κ2) is 7.62. The molecule has 3 rings (SSSR count). The third-order valence-electron chi connectivity index (χ3n) is 4.57. The predicted octanol–water partition coefficient (Wildman–Crippen LogP) is 2.09. The molecule has 0 radical (unpaired) electrons. The summed E-state index contributed by atoms with van der Waals surface area (Å²) in [5, 5.41) is 2.59. The predicted molar refractivity (Wildman–Crippen MR) is 92.5 cm³/mol. The van der Waals surface area contributed by atoms with Gasteiger partial charge in [-0.15, -0.1) is 0 Å². The van der Waals surface area contributed by atoms with Gasteiger partial charge in [-0.1, -0.05) is 12.1 Å². The normalized spacial score (nSPS) is 20.3. The molecule has 5 heteroatoms. The molecule has 1 aliphatic heterocycles. The largest absolute Gasteiger partial charge is 0.381 e. The minimum absolute atomic E-state index is 0.0692. The molecule has 0 spiro atoms. The number of hydrogen-bond donors (Lipinski definition) is 1. The molecule has 0 bridgehead atoms. The smallest absolute Gasteiger partial charge is 0.251 e. The summed E-state index contributed by atoms with van der Waals surface area (Å²) in [7, 11) is 1.61. The minimum Gasteiger partial charge on any atom is -0.381 e. The highest BCUT2D eigenvalue weighted by atomic mass is 16.5. The number of benzene rings is 1. The number of nitrogens with one attached hydrogen (secondary N) is 1. The Morgan fingerprint density at radius 2 is 2.00 bits per heavy atom. The van der Waals surface area contributed by atoms with E-state index in [2.05, 4.69) is 5.32 Å². The van der Waals surface area contributed by atoms with Gasteiger partial charge in [0.1, 0.15) is 0 Å². The van der Waals surface area contributed by atoms with Gasteiger partial charge in [0.2, 0.25) is 5.91 Å². The zero-order valence-electron chi connectivity index (χ0n) is 14.0. The van der Waals surface area contributed by atoms with Crippen LogP contribution in [-0.2, 0) is 9.53 Å². The topological polar surface area (TPSA) is 58.6 Å². The van der Waals surface area contributed by atoms with Gasteiger partial charge in [0.25, 0.3) is 5.91 Å². The van der Waals surface area contributed by atoms with Crippen molar-refractivity contribution in [3.63, 3.8) is 0 Å². The lowest BCUT2D eigenvalue weighted by Gasteiger charge is -2.23. The van der Waals surface area contributed by atoms with Crippen LogP contribution in [0.2, 0.25) is 0 Å². The van der Waals surface area contributed by atoms with E-state index in [1.165, 1.54) is 0 Å². The van der Waals surface area contributed by atoms with Crippen molar-refractivity contribution < 1.29 is 14.3 Å². The molecule has 1 aliphatic carbocycles. The van der Waals surface area contributed by atoms with Gasteiger partial charge in [0.05, 0.1) is 6.61 Å². The van der Waals surface area contributed by atoms with Gasteiger partial charge in [0, 0.05) is 43.8 Å². The molecule has 2 fully saturated rings. The van der Waals surface area contributed by atoms with Crippen molar-refractivity contribution in [2.45, 2.75) is 25.3 Å². The Balaban J connectivity index is 1.61. The zero-order chi connectivity index (χ0) is 16.9. The van der Waals surface area contributed by atoms with Gasteiger partial charge in [0.15, 0.2) is 0 Å². The molecule has 1 aromatic carbocycles. The summed E-state index contributed by atoms with van der Waals surface area (Å²) in [6.45, 7) is 2.37. The van der Waals surface area contributed by atoms with Crippen LogP contribution < -0.4 is 5.32 Å². The highest BCUT2D eigenvalue weighted by Gasteiger charge is 2.33. The summed E-state index contributed by atoms with van der Waals surface area (Å²) in [6, 6.07) is 7.62. The van der Waals surface area contributed by atoms with Gasteiger partial charge in [-0.2, -0.15) is 0 Å². The molecular weight excluding hydrogens is 304 g/mol. The zero-order valence-corrected chi connectivity index (χ0v) is 14.0. The number of carbonyl (C=O) groups excluding carboxylic acids is 2. The monoisotopic (exact) mass is 328 g/mol. The van der Waals surface area contributed by atoms with Gasteiger partial charge >= 0.3 is 0 Å². The lowest BCUT2D eigenvalue weighted by molar-refractivity contribution is -0.127. The van der Waals surface area contributed by atoms with E-state index in [4.69, 9.17) is 4.74 Å². The molecule has 24 heavy (non-hydrogen) atoms. The fourth-order valence-electron chi connectivity index (χ4n) is 2.96. The van der Waals surface area contributed by atoms with Crippen molar-refractivity contribution in [2.24, 2.45) is 5.92 Å². The third kappa shape index (κ3) is 4.23. The molecule has 1 heterocycles. The average molecular weight is 328 g/mol. The summed E-state index contributed by atoms with van der Waals surface area (Å²) in [5.74, 6) is 0.426. The highest BCUT2D eigenvalue weighted by Crippen LogP contribution is 2.29. The Labute approximate surface area is 142 Å². The molecule has 2 amide bonds. The molecule has 1 N–H and O–H groups in total. The Morgan fingerprint density at radius 3 is 2.58 bits per heavy atom. The van der Waals surface area contributed by atoms with Crippen molar-refractivity contribution in [1.82, 2.24) is 10.2 Å². The van der Waals surface area contributed by atoms with E-state index in [1.54, 1.807) is 25.3 Å². The Kier molecular flexibility index (Phi) is 5.30. The molecule has 1 saturated carbocycles. The maximum absolute atomic E-state index is 12.5. The van der Waals surface area contributed by atoms with Crippen LogP contribution in [0.25, 0.3) is 6.08 Å². The summed E-state index contributed by atoms with van der Waals surface area (Å²) >= 11 is 0. The van der Waals surface area contributed by atoms with E-state index in [-0.39, 0.29) is 11.8 Å². The summed E-state index contributed by atoms with van der Waals surface area (Å²) in [5.41, 5.74) is 1.53. The quantitative estimate of drug-likeness (QED) is 0.814. The lowest BCUT2D eigenvalue weighted by atomic mass is 10.1.